The monoisotopic (exact) mass is 243 g/mol. The predicted octanol–water partition coefficient (Wildman–Crippen LogP) is 3.72. The Morgan fingerprint density at radius 2 is 1.72 bits per heavy atom. The molecule has 0 radical (unpaired) electrons. The van der Waals surface area contributed by atoms with E-state index in [-0.39, 0.29) is 0 Å². The summed E-state index contributed by atoms with van der Waals surface area (Å²) in [5.74, 6) is 0. The second-order valence-electron chi connectivity index (χ2n) is 4.98. The molecule has 1 heterocycles. The number of hydrogen-bond acceptors (Lipinski definition) is 0. The molecule has 0 fully saturated rings. The van der Waals surface area contributed by atoms with Gasteiger partial charge in [0.25, 0.3) is 0 Å². The number of aryl methyl sites for hydroxylation is 2. The molecule has 18 heavy (non-hydrogen) atoms. The van der Waals surface area contributed by atoms with Gasteiger partial charge in [-0.25, -0.2) is 0 Å². The molecule has 2 aromatic rings. The summed E-state index contributed by atoms with van der Waals surface area (Å²) in [4.78, 5) is 0. The minimum Gasteiger partial charge on any atom is -0.198 e. The number of benzene rings is 1. The Hall–Kier alpha value is -1.63. The van der Waals surface area contributed by atoms with Gasteiger partial charge in [0.05, 0.1) is 0 Å². The quantitative estimate of drug-likeness (QED) is 0.672. The molecule has 0 aliphatic heterocycles. The first-order chi connectivity index (χ1) is 9.64. The Bertz CT molecular complexity index is 700. The van der Waals surface area contributed by atoms with Crippen molar-refractivity contribution in [2.45, 2.75) is 34.5 Å². The lowest BCUT2D eigenvalue weighted by Crippen LogP contribution is -2.36. The van der Waals surface area contributed by atoms with Crippen molar-refractivity contribution >= 4 is 0 Å². The van der Waals surface area contributed by atoms with Crippen LogP contribution in [0, 0.1) is 34.5 Å². The average molecular weight is 243 g/mol. The number of pyridine rings is 1. The number of rotatable bonds is 1. The van der Waals surface area contributed by atoms with E-state index in [1.807, 2.05) is 37.6 Å². The van der Waals surface area contributed by atoms with Crippen LogP contribution >= 0.6 is 0 Å². The first-order valence-corrected chi connectivity index (χ1v) is 6.22. The summed E-state index contributed by atoms with van der Waals surface area (Å²) in [6.45, 7) is 5.88. The highest BCUT2D eigenvalue weighted by Crippen LogP contribution is 2.25. The Kier molecular flexibility index (Phi) is 2.36. The zero-order valence-corrected chi connectivity index (χ0v) is 11.8. The van der Waals surface area contributed by atoms with Crippen LogP contribution < -0.4 is 4.57 Å². The summed E-state index contributed by atoms with van der Waals surface area (Å²) in [5.41, 5.74) is 6.75. The van der Waals surface area contributed by atoms with E-state index in [1.54, 1.807) is 0 Å². The van der Waals surface area contributed by atoms with Gasteiger partial charge in [0.2, 0.25) is 5.69 Å². The van der Waals surface area contributed by atoms with Crippen molar-refractivity contribution in [3.05, 3.63) is 52.2 Å². The van der Waals surface area contributed by atoms with Gasteiger partial charge in [0.1, 0.15) is 7.05 Å². The Morgan fingerprint density at radius 1 is 1.00 bits per heavy atom. The lowest BCUT2D eigenvalue weighted by Gasteiger charge is -2.11. The largest absolute Gasteiger partial charge is 0.213 e. The van der Waals surface area contributed by atoms with Gasteiger partial charge in [-0.3, -0.25) is 0 Å². The highest BCUT2D eigenvalue weighted by molar-refractivity contribution is 5.63. The molecule has 2 rings (SSSR count). The van der Waals surface area contributed by atoms with Crippen LogP contribution in [-0.2, 0) is 7.05 Å². The molecule has 94 valence electrons. The maximum absolute atomic E-state index is 7.72. The van der Waals surface area contributed by atoms with Crippen molar-refractivity contribution in [3.8, 4) is 11.3 Å². The Balaban J connectivity index is 2.77. The van der Waals surface area contributed by atoms with E-state index in [1.165, 1.54) is 11.1 Å². The van der Waals surface area contributed by atoms with E-state index in [4.69, 9.17) is 4.11 Å². The van der Waals surface area contributed by atoms with Crippen molar-refractivity contribution in [2.75, 3.05) is 0 Å². The molecule has 0 aliphatic rings. The van der Waals surface area contributed by atoms with Gasteiger partial charge in [-0.1, -0.05) is 12.1 Å². The molecular formula is C17H22N+. The normalized spacial score (nSPS) is 13.9. The first-order valence-electron chi connectivity index (χ1n) is 7.72. The maximum Gasteiger partial charge on any atom is 0.213 e. The smallest absolute Gasteiger partial charge is 0.198 e. The van der Waals surface area contributed by atoms with Crippen molar-refractivity contribution in [1.29, 1.82) is 0 Å². The SMILES string of the molecule is [2H]C([2H])([2H])c1c(C)cc(-c2cccc(C)c2C)[n+](C)c1C. The lowest BCUT2D eigenvalue weighted by atomic mass is 9.97. The molecule has 0 N–H and O–H groups in total. The second-order valence-corrected chi connectivity index (χ2v) is 4.98. The van der Waals surface area contributed by atoms with E-state index >= 15 is 0 Å². The molecule has 0 saturated heterocycles. The van der Waals surface area contributed by atoms with Gasteiger partial charge in [-0.05, 0) is 50.4 Å². The van der Waals surface area contributed by atoms with Crippen molar-refractivity contribution < 1.29 is 8.68 Å². The fourth-order valence-corrected chi connectivity index (χ4v) is 2.29. The summed E-state index contributed by atoms with van der Waals surface area (Å²) < 4.78 is 25.2. The highest BCUT2D eigenvalue weighted by Gasteiger charge is 2.18. The molecule has 0 aliphatic carbocycles. The topological polar surface area (TPSA) is 3.88 Å². The van der Waals surface area contributed by atoms with Gasteiger partial charge in [-0.2, -0.15) is 4.57 Å². The molecule has 1 heteroatoms. The van der Waals surface area contributed by atoms with Gasteiger partial charge in [0.15, 0.2) is 5.69 Å². The number of hydrogen-bond donors (Lipinski definition) is 0. The molecule has 1 aromatic carbocycles. The lowest BCUT2D eigenvalue weighted by molar-refractivity contribution is -0.667. The summed E-state index contributed by atoms with van der Waals surface area (Å²) >= 11 is 0. The van der Waals surface area contributed by atoms with Crippen LogP contribution in [0.4, 0.5) is 0 Å². The van der Waals surface area contributed by atoms with Crippen LogP contribution in [0.15, 0.2) is 24.3 Å². The molecule has 0 atom stereocenters. The molecule has 0 amide bonds. The Morgan fingerprint density at radius 3 is 2.39 bits per heavy atom. The van der Waals surface area contributed by atoms with Crippen LogP contribution in [0.5, 0.6) is 0 Å². The van der Waals surface area contributed by atoms with Gasteiger partial charge in [0, 0.05) is 28.2 Å². The minimum atomic E-state index is -2.08. The third-order valence-corrected chi connectivity index (χ3v) is 3.85. The third kappa shape index (κ3) is 1.94. The van der Waals surface area contributed by atoms with Crippen LogP contribution in [0.25, 0.3) is 11.3 Å². The van der Waals surface area contributed by atoms with Crippen LogP contribution in [0.3, 0.4) is 0 Å². The molecule has 0 spiro atoms. The fourth-order valence-electron chi connectivity index (χ4n) is 2.29. The third-order valence-electron chi connectivity index (χ3n) is 3.85. The molecule has 1 aromatic heterocycles. The predicted molar refractivity (Wildman–Crippen MR) is 76.7 cm³/mol. The molecule has 0 bridgehead atoms. The van der Waals surface area contributed by atoms with Crippen LogP contribution in [0.1, 0.15) is 32.1 Å². The number of aromatic nitrogens is 1. The molecular weight excluding hydrogens is 218 g/mol. The minimum absolute atomic E-state index is 0.457. The van der Waals surface area contributed by atoms with Crippen molar-refractivity contribution in [1.82, 2.24) is 0 Å². The van der Waals surface area contributed by atoms with Gasteiger partial charge < -0.3 is 0 Å². The van der Waals surface area contributed by atoms with E-state index in [9.17, 15) is 0 Å². The maximum atomic E-state index is 7.72. The molecule has 0 unspecified atom stereocenters. The standard InChI is InChI=1S/C17H22N/c1-11-8-7-9-16(14(11)4)17-10-12(2)13(3)15(5)18(17)6/h7-10H,1-6H3/q+1/i3D3. The Labute approximate surface area is 114 Å². The van der Waals surface area contributed by atoms with Crippen molar-refractivity contribution in [3.63, 3.8) is 0 Å². The summed E-state index contributed by atoms with van der Waals surface area (Å²) in [6.07, 6.45) is 0. The molecule has 1 nitrogen and oxygen atoms in total. The van der Waals surface area contributed by atoms with Gasteiger partial charge >= 0.3 is 0 Å². The second kappa shape index (κ2) is 4.56. The summed E-state index contributed by atoms with van der Waals surface area (Å²) in [6, 6.07) is 8.21. The number of nitrogens with zero attached hydrogens (tertiary/aromatic N) is 1. The summed E-state index contributed by atoms with van der Waals surface area (Å²) in [5, 5.41) is 0. The zero-order valence-electron chi connectivity index (χ0n) is 14.8. The average Bonchev–Trinajstić information content (AvgIpc) is 2.36. The molecule has 0 saturated carbocycles. The highest BCUT2D eigenvalue weighted by atomic mass is 14.9. The van der Waals surface area contributed by atoms with E-state index in [0.717, 1.165) is 22.5 Å². The van der Waals surface area contributed by atoms with E-state index < -0.39 is 6.85 Å². The van der Waals surface area contributed by atoms with Crippen LogP contribution in [0.2, 0.25) is 0 Å². The van der Waals surface area contributed by atoms with Crippen molar-refractivity contribution in [2.24, 2.45) is 7.05 Å². The van der Waals surface area contributed by atoms with Crippen LogP contribution in [-0.4, -0.2) is 0 Å². The fraction of sp³-hybridized carbons (Fsp3) is 0.353. The van der Waals surface area contributed by atoms with E-state index in [0.29, 0.717) is 5.56 Å². The van der Waals surface area contributed by atoms with Gasteiger partial charge in [-0.15, -0.1) is 0 Å². The van der Waals surface area contributed by atoms with E-state index in [2.05, 4.69) is 26.0 Å². The summed E-state index contributed by atoms with van der Waals surface area (Å²) in [7, 11) is 1.93. The zero-order chi connectivity index (χ0) is 15.9. The first kappa shape index (κ1) is 9.32.